The van der Waals surface area contributed by atoms with Crippen LogP contribution in [-0.2, 0) is 16.6 Å². The SMILES string of the molecule is CCOc1ccc(-c2ccc(=O)n(CCNS(=O)(=O)c3ccc(C)s3)n2)cc1. The summed E-state index contributed by atoms with van der Waals surface area (Å²) in [7, 11) is -3.58. The smallest absolute Gasteiger partial charge is 0.266 e. The number of nitrogens with zero attached hydrogens (tertiary/aromatic N) is 2. The average Bonchev–Trinajstić information content (AvgIpc) is 3.12. The van der Waals surface area contributed by atoms with Gasteiger partial charge < -0.3 is 4.74 Å². The van der Waals surface area contributed by atoms with Crippen molar-refractivity contribution in [1.82, 2.24) is 14.5 Å². The molecule has 2 heterocycles. The van der Waals surface area contributed by atoms with Gasteiger partial charge in [0.2, 0.25) is 10.0 Å². The van der Waals surface area contributed by atoms with Crippen molar-refractivity contribution >= 4 is 21.4 Å². The van der Waals surface area contributed by atoms with Crippen molar-refractivity contribution in [2.75, 3.05) is 13.2 Å². The molecule has 148 valence electrons. The maximum absolute atomic E-state index is 12.3. The molecule has 0 unspecified atom stereocenters. The Morgan fingerprint density at radius 2 is 1.86 bits per heavy atom. The van der Waals surface area contributed by atoms with Crippen LogP contribution in [0.15, 0.2) is 57.5 Å². The van der Waals surface area contributed by atoms with E-state index in [2.05, 4.69) is 9.82 Å². The fourth-order valence-electron chi connectivity index (χ4n) is 2.57. The third-order valence-corrected chi connectivity index (χ3v) is 6.88. The summed E-state index contributed by atoms with van der Waals surface area (Å²) in [5.74, 6) is 0.762. The summed E-state index contributed by atoms with van der Waals surface area (Å²) in [6.07, 6.45) is 0. The highest BCUT2D eigenvalue weighted by Crippen LogP contribution is 2.21. The third-order valence-electron chi connectivity index (χ3n) is 3.92. The number of ether oxygens (including phenoxy) is 1. The van der Waals surface area contributed by atoms with Gasteiger partial charge in [0.15, 0.2) is 0 Å². The summed E-state index contributed by atoms with van der Waals surface area (Å²) in [6, 6.07) is 13.8. The Hall–Kier alpha value is -2.49. The van der Waals surface area contributed by atoms with E-state index >= 15 is 0 Å². The van der Waals surface area contributed by atoms with Gasteiger partial charge >= 0.3 is 0 Å². The maximum Gasteiger partial charge on any atom is 0.266 e. The van der Waals surface area contributed by atoms with Crippen LogP contribution < -0.4 is 15.0 Å². The number of thiophene rings is 1. The number of hydrogen-bond acceptors (Lipinski definition) is 6. The molecule has 0 saturated carbocycles. The van der Waals surface area contributed by atoms with Crippen LogP contribution in [0.1, 0.15) is 11.8 Å². The molecular formula is C19H21N3O4S2. The van der Waals surface area contributed by atoms with Crippen LogP contribution in [0.5, 0.6) is 5.75 Å². The molecule has 3 aromatic rings. The molecule has 7 nitrogen and oxygen atoms in total. The van der Waals surface area contributed by atoms with Gasteiger partial charge in [-0.15, -0.1) is 11.3 Å². The zero-order chi connectivity index (χ0) is 20.1. The van der Waals surface area contributed by atoms with Gasteiger partial charge in [-0.05, 0) is 56.3 Å². The van der Waals surface area contributed by atoms with Crippen LogP contribution in [0.2, 0.25) is 0 Å². The highest BCUT2D eigenvalue weighted by atomic mass is 32.2. The minimum atomic E-state index is -3.58. The second-order valence-electron chi connectivity index (χ2n) is 6.00. The van der Waals surface area contributed by atoms with Crippen LogP contribution in [0, 0.1) is 6.92 Å². The van der Waals surface area contributed by atoms with E-state index in [1.54, 1.807) is 18.2 Å². The van der Waals surface area contributed by atoms with E-state index in [1.807, 2.05) is 38.1 Å². The highest BCUT2D eigenvalue weighted by molar-refractivity contribution is 7.91. The van der Waals surface area contributed by atoms with E-state index in [0.29, 0.717) is 12.3 Å². The van der Waals surface area contributed by atoms with E-state index in [-0.39, 0.29) is 22.9 Å². The Balaban J connectivity index is 1.70. The fraction of sp³-hybridized carbons (Fsp3) is 0.263. The van der Waals surface area contributed by atoms with Gasteiger partial charge in [-0.2, -0.15) is 5.10 Å². The van der Waals surface area contributed by atoms with Crippen LogP contribution in [-0.4, -0.2) is 31.3 Å². The van der Waals surface area contributed by atoms with Gasteiger partial charge in [-0.25, -0.2) is 17.8 Å². The standard InChI is InChI=1S/C19H21N3O4S2/c1-3-26-16-7-5-15(6-8-16)17-9-10-18(23)22(21-17)13-12-20-28(24,25)19-11-4-14(2)27-19/h4-11,20H,3,12-13H2,1-2H3. The molecule has 9 heteroatoms. The van der Waals surface area contributed by atoms with Crippen molar-refractivity contribution in [3.8, 4) is 17.0 Å². The van der Waals surface area contributed by atoms with Crippen molar-refractivity contribution in [3.63, 3.8) is 0 Å². The normalized spacial score (nSPS) is 11.5. The minimum Gasteiger partial charge on any atom is -0.494 e. The summed E-state index contributed by atoms with van der Waals surface area (Å²) in [6.45, 7) is 4.55. The molecule has 0 atom stereocenters. The van der Waals surface area contributed by atoms with Crippen molar-refractivity contribution in [3.05, 3.63) is 63.8 Å². The number of rotatable bonds is 8. The number of hydrogen-bond donors (Lipinski definition) is 1. The minimum absolute atomic E-state index is 0.0684. The lowest BCUT2D eigenvalue weighted by atomic mass is 10.1. The molecule has 3 rings (SSSR count). The number of aromatic nitrogens is 2. The largest absolute Gasteiger partial charge is 0.494 e. The van der Waals surface area contributed by atoms with Crippen molar-refractivity contribution in [1.29, 1.82) is 0 Å². The number of sulfonamides is 1. The van der Waals surface area contributed by atoms with Crippen molar-refractivity contribution in [2.45, 2.75) is 24.6 Å². The van der Waals surface area contributed by atoms with E-state index in [9.17, 15) is 13.2 Å². The molecule has 0 amide bonds. The van der Waals surface area contributed by atoms with Crippen LogP contribution >= 0.6 is 11.3 Å². The lowest BCUT2D eigenvalue weighted by Crippen LogP contribution is -2.31. The first-order chi connectivity index (χ1) is 13.4. The molecule has 0 spiro atoms. The molecule has 1 N–H and O–H groups in total. The van der Waals surface area contributed by atoms with Crippen molar-refractivity contribution in [2.24, 2.45) is 0 Å². The van der Waals surface area contributed by atoms with Crippen LogP contribution in [0.4, 0.5) is 0 Å². The third kappa shape index (κ3) is 4.86. The monoisotopic (exact) mass is 419 g/mol. The fourth-order valence-corrected chi connectivity index (χ4v) is 4.91. The Morgan fingerprint density at radius 3 is 2.50 bits per heavy atom. The molecular weight excluding hydrogens is 398 g/mol. The molecule has 0 radical (unpaired) electrons. The summed E-state index contributed by atoms with van der Waals surface area (Å²) < 4.78 is 34.0. The van der Waals surface area contributed by atoms with E-state index in [0.717, 1.165) is 16.2 Å². The molecule has 1 aromatic carbocycles. The second kappa shape index (κ2) is 8.68. The first kappa shape index (κ1) is 20.2. The lowest BCUT2D eigenvalue weighted by Gasteiger charge is -2.09. The molecule has 0 aliphatic carbocycles. The molecule has 0 fully saturated rings. The Morgan fingerprint density at radius 1 is 1.11 bits per heavy atom. The summed E-state index contributed by atoms with van der Waals surface area (Å²) >= 11 is 1.20. The van der Waals surface area contributed by atoms with Gasteiger partial charge in [0.1, 0.15) is 9.96 Å². The lowest BCUT2D eigenvalue weighted by molar-refractivity contribution is 0.340. The summed E-state index contributed by atoms with van der Waals surface area (Å²) in [4.78, 5) is 13.0. The first-order valence-electron chi connectivity index (χ1n) is 8.76. The first-order valence-corrected chi connectivity index (χ1v) is 11.1. The zero-order valence-electron chi connectivity index (χ0n) is 15.6. The number of nitrogens with one attached hydrogen (secondary N) is 1. The van der Waals surface area contributed by atoms with E-state index in [1.165, 1.54) is 22.1 Å². The quantitative estimate of drug-likeness (QED) is 0.606. The number of aryl methyl sites for hydroxylation is 1. The highest BCUT2D eigenvalue weighted by Gasteiger charge is 2.15. The zero-order valence-corrected chi connectivity index (χ0v) is 17.2. The second-order valence-corrected chi connectivity index (χ2v) is 9.28. The molecule has 0 saturated heterocycles. The Labute approximate surface area is 167 Å². The van der Waals surface area contributed by atoms with Gasteiger partial charge in [-0.3, -0.25) is 4.79 Å². The predicted molar refractivity (Wildman–Crippen MR) is 109 cm³/mol. The van der Waals surface area contributed by atoms with Gasteiger partial charge in [0.05, 0.1) is 18.8 Å². The van der Waals surface area contributed by atoms with E-state index in [4.69, 9.17) is 4.74 Å². The van der Waals surface area contributed by atoms with E-state index < -0.39 is 10.0 Å². The number of benzene rings is 1. The van der Waals surface area contributed by atoms with Gasteiger partial charge in [0, 0.05) is 23.1 Å². The molecule has 0 aliphatic rings. The van der Waals surface area contributed by atoms with Crippen LogP contribution in [0.3, 0.4) is 0 Å². The molecule has 2 aromatic heterocycles. The van der Waals surface area contributed by atoms with Crippen molar-refractivity contribution < 1.29 is 13.2 Å². The topological polar surface area (TPSA) is 90.3 Å². The summed E-state index contributed by atoms with van der Waals surface area (Å²) in [5.41, 5.74) is 1.17. The Bertz CT molecular complexity index is 1100. The molecule has 28 heavy (non-hydrogen) atoms. The molecule has 0 aliphatic heterocycles. The van der Waals surface area contributed by atoms with Gasteiger partial charge in [-0.1, -0.05) is 0 Å². The summed E-state index contributed by atoms with van der Waals surface area (Å²) in [5, 5.41) is 4.35. The average molecular weight is 420 g/mol. The maximum atomic E-state index is 12.3. The predicted octanol–water partition coefficient (Wildman–Crippen LogP) is 2.66. The Kier molecular flexibility index (Phi) is 6.28. The van der Waals surface area contributed by atoms with Crippen LogP contribution in [0.25, 0.3) is 11.3 Å². The molecule has 0 bridgehead atoms. The van der Waals surface area contributed by atoms with Gasteiger partial charge in [0.25, 0.3) is 5.56 Å².